The first kappa shape index (κ1) is 16.5. The highest BCUT2D eigenvalue weighted by atomic mass is 79.9. The number of halogens is 2. The molecule has 0 aliphatic heterocycles. The van der Waals surface area contributed by atoms with Crippen LogP contribution in [0.3, 0.4) is 0 Å². The van der Waals surface area contributed by atoms with Crippen LogP contribution in [-0.2, 0) is 4.79 Å². The largest absolute Gasteiger partial charge is 0.483 e. The fourth-order valence-electron chi connectivity index (χ4n) is 1.58. The molecule has 0 aliphatic carbocycles. The molecule has 0 aliphatic rings. The van der Waals surface area contributed by atoms with Crippen LogP contribution < -0.4 is 15.4 Å². The predicted molar refractivity (Wildman–Crippen MR) is 90.9 cm³/mol. The van der Waals surface area contributed by atoms with Gasteiger partial charge in [0.15, 0.2) is 6.61 Å². The minimum atomic E-state index is -0.602. The second kappa shape index (κ2) is 7.95. The zero-order valence-corrected chi connectivity index (χ0v) is 14.5. The number of imide groups is 1. The van der Waals surface area contributed by atoms with E-state index in [4.69, 9.17) is 4.74 Å². The summed E-state index contributed by atoms with van der Waals surface area (Å²) in [5.74, 6) is -0.0231. The van der Waals surface area contributed by atoms with Gasteiger partial charge in [-0.2, -0.15) is 0 Å². The van der Waals surface area contributed by atoms with Gasteiger partial charge >= 0.3 is 6.03 Å². The highest BCUT2D eigenvalue weighted by Crippen LogP contribution is 2.28. The normalized spacial score (nSPS) is 9.91. The summed E-state index contributed by atoms with van der Waals surface area (Å²) in [6.45, 7) is -0.261. The van der Waals surface area contributed by atoms with Gasteiger partial charge in [-0.25, -0.2) is 4.79 Å². The molecule has 0 saturated heterocycles. The fourth-order valence-corrected chi connectivity index (χ4v) is 2.74. The van der Waals surface area contributed by atoms with E-state index in [2.05, 4.69) is 42.5 Å². The van der Waals surface area contributed by atoms with Crippen LogP contribution >= 0.6 is 31.9 Å². The van der Waals surface area contributed by atoms with Crippen molar-refractivity contribution in [1.82, 2.24) is 5.32 Å². The number of ether oxygens (including phenoxy) is 1. The molecule has 3 amide bonds. The van der Waals surface area contributed by atoms with E-state index in [1.54, 1.807) is 42.5 Å². The van der Waals surface area contributed by atoms with E-state index in [0.717, 1.165) is 4.47 Å². The Labute approximate surface area is 144 Å². The molecule has 114 valence electrons. The Kier molecular flexibility index (Phi) is 5.97. The molecule has 0 bridgehead atoms. The number of para-hydroxylation sites is 1. The number of hydrogen-bond donors (Lipinski definition) is 2. The van der Waals surface area contributed by atoms with Crippen LogP contribution in [0.2, 0.25) is 0 Å². The number of rotatable bonds is 4. The summed E-state index contributed by atoms with van der Waals surface area (Å²) in [6.07, 6.45) is 0. The van der Waals surface area contributed by atoms with E-state index >= 15 is 0 Å². The van der Waals surface area contributed by atoms with Gasteiger partial charge < -0.3 is 10.1 Å². The number of hydrogen-bond acceptors (Lipinski definition) is 3. The number of anilines is 1. The van der Waals surface area contributed by atoms with Crippen molar-refractivity contribution in [3.8, 4) is 5.75 Å². The van der Waals surface area contributed by atoms with E-state index < -0.39 is 11.9 Å². The Morgan fingerprint density at radius 2 is 1.77 bits per heavy atom. The summed E-state index contributed by atoms with van der Waals surface area (Å²) in [7, 11) is 0. The summed E-state index contributed by atoms with van der Waals surface area (Å²) in [4.78, 5) is 23.3. The molecule has 2 aromatic carbocycles. The van der Waals surface area contributed by atoms with E-state index in [1.807, 2.05) is 6.07 Å². The number of benzene rings is 2. The van der Waals surface area contributed by atoms with Crippen molar-refractivity contribution in [2.45, 2.75) is 0 Å². The van der Waals surface area contributed by atoms with Gasteiger partial charge in [-0.1, -0.05) is 34.1 Å². The third kappa shape index (κ3) is 5.16. The predicted octanol–water partition coefficient (Wildman–Crippen LogP) is 3.94. The zero-order chi connectivity index (χ0) is 15.9. The van der Waals surface area contributed by atoms with Crippen LogP contribution in [0.15, 0.2) is 57.5 Å². The topological polar surface area (TPSA) is 67.4 Å². The molecule has 22 heavy (non-hydrogen) atoms. The van der Waals surface area contributed by atoms with Gasteiger partial charge in [0.05, 0.1) is 4.47 Å². The van der Waals surface area contributed by atoms with Crippen LogP contribution in [0.4, 0.5) is 10.5 Å². The Bertz CT molecular complexity index is 678. The molecular formula is C15H12Br2N2O3. The van der Waals surface area contributed by atoms with E-state index in [0.29, 0.717) is 15.9 Å². The summed E-state index contributed by atoms with van der Waals surface area (Å²) in [5, 5.41) is 4.74. The summed E-state index contributed by atoms with van der Waals surface area (Å²) in [6, 6.07) is 13.5. The molecular weight excluding hydrogens is 416 g/mol. The number of amides is 3. The van der Waals surface area contributed by atoms with Gasteiger partial charge in [-0.3, -0.25) is 10.1 Å². The molecule has 0 fully saturated rings. The van der Waals surface area contributed by atoms with Gasteiger partial charge in [0.2, 0.25) is 0 Å². The molecule has 2 rings (SSSR count). The van der Waals surface area contributed by atoms with Crippen LogP contribution in [0, 0.1) is 0 Å². The highest BCUT2D eigenvalue weighted by molar-refractivity contribution is 9.11. The van der Waals surface area contributed by atoms with Gasteiger partial charge in [-0.15, -0.1) is 0 Å². The third-order valence-corrected chi connectivity index (χ3v) is 3.65. The van der Waals surface area contributed by atoms with Crippen molar-refractivity contribution in [3.05, 3.63) is 57.5 Å². The number of carbonyl (C=O) groups excluding carboxylic acids is 2. The second-order valence-electron chi connectivity index (χ2n) is 4.23. The molecule has 7 heteroatoms. The molecule has 2 N–H and O–H groups in total. The molecule has 0 spiro atoms. The molecule has 0 heterocycles. The van der Waals surface area contributed by atoms with Crippen LogP contribution in [-0.4, -0.2) is 18.5 Å². The van der Waals surface area contributed by atoms with Crippen molar-refractivity contribution < 1.29 is 14.3 Å². The minimum absolute atomic E-state index is 0.261. The van der Waals surface area contributed by atoms with Gasteiger partial charge in [0, 0.05) is 10.2 Å². The standard InChI is InChI=1S/C15H12Br2N2O3/c16-10-6-7-13(12(17)8-10)22-9-14(20)19-15(21)18-11-4-2-1-3-5-11/h1-8H,9H2,(H2,18,19,20,21). The third-order valence-electron chi connectivity index (χ3n) is 2.54. The number of urea groups is 1. The molecule has 0 radical (unpaired) electrons. The quantitative estimate of drug-likeness (QED) is 0.776. The van der Waals surface area contributed by atoms with Gasteiger partial charge in [-0.05, 0) is 46.3 Å². The second-order valence-corrected chi connectivity index (χ2v) is 6.00. The molecule has 5 nitrogen and oxygen atoms in total. The van der Waals surface area contributed by atoms with Crippen molar-refractivity contribution in [2.75, 3.05) is 11.9 Å². The Morgan fingerprint density at radius 3 is 2.45 bits per heavy atom. The van der Waals surface area contributed by atoms with Crippen LogP contribution in [0.25, 0.3) is 0 Å². The lowest BCUT2D eigenvalue weighted by Crippen LogP contribution is -2.37. The Morgan fingerprint density at radius 1 is 1.05 bits per heavy atom. The highest BCUT2D eigenvalue weighted by Gasteiger charge is 2.10. The minimum Gasteiger partial charge on any atom is -0.483 e. The Balaban J connectivity index is 1.81. The van der Waals surface area contributed by atoms with E-state index in [1.165, 1.54) is 0 Å². The lowest BCUT2D eigenvalue weighted by molar-refractivity contribution is -0.121. The maximum absolute atomic E-state index is 11.7. The van der Waals surface area contributed by atoms with E-state index in [9.17, 15) is 9.59 Å². The van der Waals surface area contributed by atoms with Crippen molar-refractivity contribution in [2.24, 2.45) is 0 Å². The van der Waals surface area contributed by atoms with Crippen molar-refractivity contribution in [3.63, 3.8) is 0 Å². The molecule has 0 unspecified atom stereocenters. The van der Waals surface area contributed by atoms with Crippen LogP contribution in [0.1, 0.15) is 0 Å². The molecule has 2 aromatic rings. The SMILES string of the molecule is O=C(COc1ccc(Br)cc1Br)NC(=O)Nc1ccccc1. The first-order valence-corrected chi connectivity index (χ1v) is 7.87. The Hall–Kier alpha value is -1.86. The van der Waals surface area contributed by atoms with E-state index in [-0.39, 0.29) is 6.61 Å². The van der Waals surface area contributed by atoms with Gasteiger partial charge in [0.1, 0.15) is 5.75 Å². The first-order valence-electron chi connectivity index (χ1n) is 6.28. The number of nitrogens with one attached hydrogen (secondary N) is 2. The summed E-state index contributed by atoms with van der Waals surface area (Å²) >= 11 is 6.65. The summed E-state index contributed by atoms with van der Waals surface area (Å²) in [5.41, 5.74) is 0.601. The smallest absolute Gasteiger partial charge is 0.325 e. The first-order chi connectivity index (χ1) is 10.5. The van der Waals surface area contributed by atoms with Crippen molar-refractivity contribution >= 4 is 49.5 Å². The average molecular weight is 428 g/mol. The maximum Gasteiger partial charge on any atom is 0.325 e. The maximum atomic E-state index is 11.7. The summed E-state index contributed by atoms with van der Waals surface area (Å²) < 4.78 is 6.94. The molecule has 0 aromatic heterocycles. The lowest BCUT2D eigenvalue weighted by Gasteiger charge is -2.09. The monoisotopic (exact) mass is 426 g/mol. The molecule has 0 saturated carbocycles. The van der Waals surface area contributed by atoms with Crippen LogP contribution in [0.5, 0.6) is 5.75 Å². The average Bonchev–Trinajstić information content (AvgIpc) is 2.47. The number of carbonyl (C=O) groups is 2. The van der Waals surface area contributed by atoms with Gasteiger partial charge in [0.25, 0.3) is 5.91 Å². The fraction of sp³-hybridized carbons (Fsp3) is 0.0667. The zero-order valence-electron chi connectivity index (χ0n) is 11.3. The van der Waals surface area contributed by atoms with Crippen molar-refractivity contribution in [1.29, 1.82) is 0 Å². The lowest BCUT2D eigenvalue weighted by atomic mass is 10.3. The molecule has 0 atom stereocenters.